The fourth-order valence-electron chi connectivity index (χ4n) is 2.08. The molecule has 0 amide bonds. The molecular formula is C16H20BrN3O. The van der Waals surface area contributed by atoms with E-state index in [1.54, 1.807) is 7.11 Å². The third-order valence-electron chi connectivity index (χ3n) is 3.29. The van der Waals surface area contributed by atoms with Gasteiger partial charge in [-0.2, -0.15) is 0 Å². The van der Waals surface area contributed by atoms with Gasteiger partial charge in [-0.05, 0) is 71.7 Å². The number of hydrogen-bond donors (Lipinski definition) is 1. The van der Waals surface area contributed by atoms with Gasteiger partial charge in [0.15, 0.2) is 0 Å². The van der Waals surface area contributed by atoms with Crippen LogP contribution in [0.2, 0.25) is 0 Å². The van der Waals surface area contributed by atoms with E-state index in [1.807, 2.05) is 36.5 Å². The summed E-state index contributed by atoms with van der Waals surface area (Å²) in [6.07, 6.45) is 2.72. The zero-order valence-corrected chi connectivity index (χ0v) is 13.9. The molecule has 2 aromatic rings. The number of benzene rings is 1. The van der Waals surface area contributed by atoms with Crippen molar-refractivity contribution >= 4 is 27.4 Å². The lowest BCUT2D eigenvalue weighted by Gasteiger charge is -2.25. The van der Waals surface area contributed by atoms with Crippen molar-refractivity contribution in [1.82, 2.24) is 4.98 Å². The maximum absolute atomic E-state index is 5.67. The Kier molecular flexibility index (Phi) is 5.59. The normalized spacial score (nSPS) is 10.5. The first kappa shape index (κ1) is 15.8. The predicted molar refractivity (Wildman–Crippen MR) is 90.3 cm³/mol. The van der Waals surface area contributed by atoms with Gasteiger partial charge in [-0.25, -0.2) is 4.98 Å². The van der Waals surface area contributed by atoms with Crippen molar-refractivity contribution in [3.05, 3.63) is 46.6 Å². The van der Waals surface area contributed by atoms with Crippen LogP contribution >= 0.6 is 15.9 Å². The van der Waals surface area contributed by atoms with E-state index in [0.29, 0.717) is 6.54 Å². The lowest BCUT2D eigenvalue weighted by atomic mass is 10.2. The third-order valence-corrected chi connectivity index (χ3v) is 4.27. The minimum absolute atomic E-state index is 0.649. The molecule has 4 nitrogen and oxygen atoms in total. The van der Waals surface area contributed by atoms with E-state index in [4.69, 9.17) is 10.5 Å². The van der Waals surface area contributed by atoms with Crippen LogP contribution < -0.4 is 15.4 Å². The van der Waals surface area contributed by atoms with Crippen LogP contribution in [0.25, 0.3) is 0 Å². The molecule has 0 aliphatic heterocycles. The number of nitrogens with two attached hydrogens (primary N) is 1. The van der Waals surface area contributed by atoms with E-state index in [2.05, 4.69) is 32.7 Å². The van der Waals surface area contributed by atoms with Crippen molar-refractivity contribution in [2.24, 2.45) is 5.73 Å². The fraction of sp³-hybridized carbons (Fsp3) is 0.312. The maximum Gasteiger partial charge on any atom is 0.147 e. The summed E-state index contributed by atoms with van der Waals surface area (Å²) in [4.78, 5) is 6.69. The summed E-state index contributed by atoms with van der Waals surface area (Å²) < 4.78 is 6.23. The second-order valence-corrected chi connectivity index (χ2v) is 5.55. The first-order chi connectivity index (χ1) is 10.2. The van der Waals surface area contributed by atoms with Crippen LogP contribution in [0.5, 0.6) is 5.75 Å². The number of nitrogens with zero attached hydrogens (tertiary/aromatic N) is 2. The van der Waals surface area contributed by atoms with E-state index < -0.39 is 0 Å². The minimum Gasteiger partial charge on any atom is -0.497 e. The number of anilines is 2. The van der Waals surface area contributed by atoms with E-state index >= 15 is 0 Å². The van der Waals surface area contributed by atoms with Gasteiger partial charge in [-0.15, -0.1) is 0 Å². The monoisotopic (exact) mass is 349 g/mol. The number of methoxy groups -OCH3 is 1. The molecule has 1 heterocycles. The van der Waals surface area contributed by atoms with E-state index in [-0.39, 0.29) is 0 Å². The lowest BCUT2D eigenvalue weighted by Crippen LogP contribution is -2.22. The number of aromatic nitrogens is 1. The molecule has 0 aliphatic carbocycles. The Morgan fingerprint density at radius 3 is 2.57 bits per heavy atom. The molecule has 112 valence electrons. The Morgan fingerprint density at radius 2 is 1.95 bits per heavy atom. The molecule has 0 aliphatic rings. The Hall–Kier alpha value is -1.59. The van der Waals surface area contributed by atoms with Crippen LogP contribution in [0.15, 0.2) is 41.0 Å². The molecule has 0 saturated carbocycles. The molecule has 0 fully saturated rings. The maximum atomic E-state index is 5.67. The van der Waals surface area contributed by atoms with Crippen molar-refractivity contribution < 1.29 is 4.74 Å². The van der Waals surface area contributed by atoms with Crippen molar-refractivity contribution in [3.63, 3.8) is 0 Å². The summed E-state index contributed by atoms with van der Waals surface area (Å²) in [5.74, 6) is 1.75. The number of ether oxygens (including phenoxy) is 1. The second kappa shape index (κ2) is 7.43. The first-order valence-electron chi connectivity index (χ1n) is 6.90. The summed E-state index contributed by atoms with van der Waals surface area (Å²) in [6.45, 7) is 3.53. The highest BCUT2D eigenvalue weighted by Gasteiger charge is 2.15. The fourth-order valence-corrected chi connectivity index (χ4v) is 2.53. The van der Waals surface area contributed by atoms with Gasteiger partial charge in [0.1, 0.15) is 11.6 Å². The van der Waals surface area contributed by atoms with E-state index in [1.165, 1.54) is 0 Å². The zero-order chi connectivity index (χ0) is 15.2. The van der Waals surface area contributed by atoms with E-state index in [0.717, 1.165) is 40.3 Å². The van der Waals surface area contributed by atoms with Gasteiger partial charge in [-0.1, -0.05) is 0 Å². The highest BCUT2D eigenvalue weighted by molar-refractivity contribution is 9.10. The summed E-state index contributed by atoms with van der Waals surface area (Å²) in [6, 6.07) is 9.96. The highest BCUT2D eigenvalue weighted by Crippen LogP contribution is 2.33. The molecular weight excluding hydrogens is 330 g/mol. The van der Waals surface area contributed by atoms with Crippen molar-refractivity contribution in [1.29, 1.82) is 0 Å². The summed E-state index contributed by atoms with van der Waals surface area (Å²) in [5.41, 5.74) is 7.90. The average Bonchev–Trinajstić information content (AvgIpc) is 2.52. The lowest BCUT2D eigenvalue weighted by molar-refractivity contribution is 0.415. The van der Waals surface area contributed by atoms with Crippen LogP contribution in [0.4, 0.5) is 11.5 Å². The van der Waals surface area contributed by atoms with Crippen LogP contribution in [0.3, 0.4) is 0 Å². The van der Waals surface area contributed by atoms with Gasteiger partial charge in [0, 0.05) is 18.4 Å². The Balaban J connectivity index is 2.39. The van der Waals surface area contributed by atoms with Gasteiger partial charge >= 0.3 is 0 Å². The molecule has 0 bridgehead atoms. The number of rotatable bonds is 6. The average molecular weight is 350 g/mol. The number of halogens is 1. The van der Waals surface area contributed by atoms with Gasteiger partial charge in [0.2, 0.25) is 0 Å². The number of hydrogen-bond acceptors (Lipinski definition) is 4. The minimum atomic E-state index is 0.649. The molecule has 5 heteroatoms. The van der Waals surface area contributed by atoms with Gasteiger partial charge in [-0.3, -0.25) is 0 Å². The van der Waals surface area contributed by atoms with Crippen LogP contribution in [-0.2, 0) is 0 Å². The zero-order valence-electron chi connectivity index (χ0n) is 12.3. The molecule has 0 unspecified atom stereocenters. The Labute approximate surface area is 134 Å². The molecule has 0 radical (unpaired) electrons. The largest absolute Gasteiger partial charge is 0.497 e. The summed E-state index contributed by atoms with van der Waals surface area (Å²) in [5, 5.41) is 0. The molecule has 2 rings (SSSR count). The molecule has 21 heavy (non-hydrogen) atoms. The van der Waals surface area contributed by atoms with Crippen molar-refractivity contribution in [2.45, 2.75) is 13.3 Å². The smallest absolute Gasteiger partial charge is 0.147 e. The van der Waals surface area contributed by atoms with Crippen LogP contribution in [-0.4, -0.2) is 25.2 Å². The first-order valence-corrected chi connectivity index (χ1v) is 7.69. The summed E-state index contributed by atoms with van der Waals surface area (Å²) in [7, 11) is 1.67. The standard InChI is InChI=1S/C16H20BrN3O/c1-12-8-10-19-16(15(12)17)20(11-3-9-18)13-4-6-14(21-2)7-5-13/h4-8,10H,3,9,11,18H2,1-2H3. The number of pyridine rings is 1. The SMILES string of the molecule is COc1ccc(N(CCCN)c2nccc(C)c2Br)cc1. The molecule has 1 aromatic carbocycles. The van der Waals surface area contributed by atoms with E-state index in [9.17, 15) is 0 Å². The number of aryl methyl sites for hydroxylation is 1. The molecule has 1 aromatic heterocycles. The van der Waals surface area contributed by atoms with Crippen LogP contribution in [0, 0.1) is 6.92 Å². The molecule has 0 saturated heterocycles. The topological polar surface area (TPSA) is 51.4 Å². The molecule has 0 atom stereocenters. The Morgan fingerprint density at radius 1 is 1.24 bits per heavy atom. The quantitative estimate of drug-likeness (QED) is 0.864. The van der Waals surface area contributed by atoms with Gasteiger partial charge in [0.25, 0.3) is 0 Å². The van der Waals surface area contributed by atoms with Crippen molar-refractivity contribution in [2.75, 3.05) is 25.1 Å². The summed E-state index contributed by atoms with van der Waals surface area (Å²) >= 11 is 3.64. The molecule has 0 spiro atoms. The molecule has 2 N–H and O–H groups in total. The van der Waals surface area contributed by atoms with Crippen molar-refractivity contribution in [3.8, 4) is 5.75 Å². The van der Waals surface area contributed by atoms with Gasteiger partial charge in [0.05, 0.1) is 11.6 Å². The van der Waals surface area contributed by atoms with Gasteiger partial charge < -0.3 is 15.4 Å². The van der Waals surface area contributed by atoms with Crippen LogP contribution in [0.1, 0.15) is 12.0 Å². The third kappa shape index (κ3) is 3.74. The second-order valence-electron chi connectivity index (χ2n) is 4.76. The highest BCUT2D eigenvalue weighted by atomic mass is 79.9. The predicted octanol–water partition coefficient (Wildman–Crippen LogP) is 3.65. The Bertz CT molecular complexity index is 587.